The number of carbonyl (C=O) groups is 1. The average Bonchev–Trinajstić information content (AvgIpc) is 3.23. The number of amides is 1. The molecule has 1 heterocycles. The largest absolute Gasteiger partial charge is 0.442 e. The van der Waals surface area contributed by atoms with E-state index >= 15 is 0 Å². The molecule has 0 aliphatic rings. The minimum Gasteiger partial charge on any atom is -0.442 e. The van der Waals surface area contributed by atoms with Gasteiger partial charge >= 0.3 is 0 Å². The minimum atomic E-state index is -1.16. The van der Waals surface area contributed by atoms with E-state index in [2.05, 4.69) is 15.6 Å². The number of aromatic nitrogens is 1. The third kappa shape index (κ3) is 3.68. The van der Waals surface area contributed by atoms with Crippen LogP contribution in [-0.2, 0) is 0 Å². The Labute approximate surface area is 163 Å². The molecule has 0 atom stereocenters. The van der Waals surface area contributed by atoms with Gasteiger partial charge in [-0.3, -0.25) is 10.2 Å². The molecule has 0 spiro atoms. The Morgan fingerprint density at radius 2 is 2.07 bits per heavy atom. The van der Waals surface area contributed by atoms with Crippen molar-refractivity contribution in [1.82, 2.24) is 4.98 Å². The Bertz CT molecular complexity index is 1110. The van der Waals surface area contributed by atoms with Crippen LogP contribution in [-0.4, -0.2) is 29.9 Å². The Balaban J connectivity index is 1.95. The van der Waals surface area contributed by atoms with Crippen LogP contribution >= 0.6 is 0 Å². The maximum atomic E-state index is 14.6. The van der Waals surface area contributed by atoms with Crippen molar-refractivity contribution in [3.8, 4) is 0 Å². The standard InChI is InChI=1S/C19H16F2N6O2/c1-25-14-5-12(20)16(17(21)11(14)6-22)19(28)27-9-2-3-13(23)10(4-9)18(24)15-7-26-8-29-15/h2-8,22,24-25H,23H2,1H3,(H,27,28). The van der Waals surface area contributed by atoms with Crippen molar-refractivity contribution in [2.24, 2.45) is 0 Å². The summed E-state index contributed by atoms with van der Waals surface area (Å²) in [6.07, 6.45) is 3.18. The van der Waals surface area contributed by atoms with Crippen molar-refractivity contribution in [2.75, 3.05) is 23.4 Å². The topological polar surface area (TPSA) is 141 Å². The molecule has 29 heavy (non-hydrogen) atoms. The average molecular weight is 398 g/mol. The van der Waals surface area contributed by atoms with Gasteiger partial charge in [0, 0.05) is 35.9 Å². The van der Waals surface area contributed by atoms with E-state index in [-0.39, 0.29) is 39.7 Å². The lowest BCUT2D eigenvalue weighted by atomic mass is 10.0. The molecule has 0 fully saturated rings. The van der Waals surface area contributed by atoms with Gasteiger partial charge < -0.3 is 26.2 Å². The quantitative estimate of drug-likeness (QED) is 0.320. The Kier molecular flexibility index (Phi) is 5.35. The van der Waals surface area contributed by atoms with E-state index in [9.17, 15) is 13.6 Å². The molecule has 0 radical (unpaired) electrons. The lowest BCUT2D eigenvalue weighted by Crippen LogP contribution is -2.18. The first-order chi connectivity index (χ1) is 13.9. The van der Waals surface area contributed by atoms with Gasteiger partial charge in [0.1, 0.15) is 22.9 Å². The highest BCUT2D eigenvalue weighted by molar-refractivity contribution is 6.13. The molecule has 6 N–H and O–H groups in total. The molecule has 0 aliphatic carbocycles. The van der Waals surface area contributed by atoms with Crippen molar-refractivity contribution in [2.45, 2.75) is 0 Å². The zero-order valence-corrected chi connectivity index (χ0v) is 15.1. The van der Waals surface area contributed by atoms with Crippen molar-refractivity contribution in [3.05, 3.63) is 70.9 Å². The second-order valence-electron chi connectivity index (χ2n) is 5.90. The molecule has 0 unspecified atom stereocenters. The van der Waals surface area contributed by atoms with Crippen LogP contribution in [0.25, 0.3) is 0 Å². The molecular weight excluding hydrogens is 382 g/mol. The summed E-state index contributed by atoms with van der Waals surface area (Å²) < 4.78 is 34.0. The monoisotopic (exact) mass is 398 g/mol. The summed E-state index contributed by atoms with van der Waals surface area (Å²) >= 11 is 0. The number of carbonyl (C=O) groups excluding carboxylic acids is 1. The van der Waals surface area contributed by atoms with Crippen molar-refractivity contribution in [3.63, 3.8) is 0 Å². The van der Waals surface area contributed by atoms with Gasteiger partial charge in [0.2, 0.25) is 0 Å². The first kappa shape index (κ1) is 19.7. The SMILES string of the molecule is CNc1cc(F)c(C(=O)Nc2ccc(N)c(C(=N)c3cnco3)c2)c(F)c1C=N. The van der Waals surface area contributed by atoms with E-state index < -0.39 is 23.1 Å². The number of hydrogen-bond acceptors (Lipinski definition) is 7. The van der Waals surface area contributed by atoms with Crippen LogP contribution < -0.4 is 16.4 Å². The van der Waals surface area contributed by atoms with Gasteiger partial charge in [-0.25, -0.2) is 13.8 Å². The Hall–Kier alpha value is -4.08. The second kappa shape index (κ2) is 7.89. The minimum absolute atomic E-state index is 0.0434. The second-order valence-corrected chi connectivity index (χ2v) is 5.90. The maximum absolute atomic E-state index is 14.6. The van der Waals surface area contributed by atoms with Gasteiger partial charge in [0.05, 0.1) is 11.8 Å². The van der Waals surface area contributed by atoms with Gasteiger partial charge in [-0.05, 0) is 24.3 Å². The molecule has 1 aromatic heterocycles. The normalized spacial score (nSPS) is 10.4. The Morgan fingerprint density at radius 1 is 1.31 bits per heavy atom. The molecule has 148 valence electrons. The predicted molar refractivity (Wildman–Crippen MR) is 105 cm³/mol. The lowest BCUT2D eigenvalue weighted by molar-refractivity contribution is 0.101. The molecule has 0 aliphatic heterocycles. The van der Waals surface area contributed by atoms with Crippen LogP contribution in [0.3, 0.4) is 0 Å². The molecule has 10 heteroatoms. The molecule has 3 rings (SSSR count). The van der Waals surface area contributed by atoms with Crippen LogP contribution in [0.4, 0.5) is 25.8 Å². The first-order valence-corrected chi connectivity index (χ1v) is 8.26. The van der Waals surface area contributed by atoms with E-state index in [4.69, 9.17) is 21.0 Å². The van der Waals surface area contributed by atoms with E-state index in [1.54, 1.807) is 0 Å². The number of nitrogens with one attached hydrogen (secondary N) is 4. The van der Waals surface area contributed by atoms with Crippen molar-refractivity contribution in [1.29, 1.82) is 10.8 Å². The van der Waals surface area contributed by atoms with Gasteiger partial charge in [-0.1, -0.05) is 0 Å². The summed E-state index contributed by atoms with van der Waals surface area (Å²) in [5, 5.41) is 20.4. The molecule has 0 bridgehead atoms. The van der Waals surface area contributed by atoms with Crippen LogP contribution in [0, 0.1) is 22.5 Å². The fraction of sp³-hybridized carbons (Fsp3) is 0.0526. The molecular formula is C19H16F2N6O2. The number of anilines is 3. The van der Waals surface area contributed by atoms with Gasteiger partial charge in [-0.15, -0.1) is 0 Å². The first-order valence-electron chi connectivity index (χ1n) is 8.26. The summed E-state index contributed by atoms with van der Waals surface area (Å²) in [5.74, 6) is -3.13. The van der Waals surface area contributed by atoms with Crippen molar-refractivity contribution >= 4 is 34.9 Å². The van der Waals surface area contributed by atoms with Gasteiger partial charge in [-0.2, -0.15) is 0 Å². The molecule has 8 nitrogen and oxygen atoms in total. The van der Waals surface area contributed by atoms with E-state index in [1.807, 2.05) is 0 Å². The summed E-state index contributed by atoms with van der Waals surface area (Å²) in [5.41, 5.74) is 5.43. The number of oxazole rings is 1. The third-order valence-electron chi connectivity index (χ3n) is 4.16. The third-order valence-corrected chi connectivity index (χ3v) is 4.16. The predicted octanol–water partition coefficient (Wildman–Crippen LogP) is 3.24. The van der Waals surface area contributed by atoms with E-state index in [0.717, 1.165) is 12.5 Å². The molecule has 3 aromatic rings. The maximum Gasteiger partial charge on any atom is 0.261 e. The van der Waals surface area contributed by atoms with Crippen LogP contribution in [0.15, 0.2) is 41.3 Å². The van der Waals surface area contributed by atoms with Crippen LogP contribution in [0.1, 0.15) is 27.2 Å². The van der Waals surface area contributed by atoms with Crippen LogP contribution in [0.2, 0.25) is 0 Å². The smallest absolute Gasteiger partial charge is 0.261 e. The summed E-state index contributed by atoms with van der Waals surface area (Å²) in [4.78, 5) is 16.3. The van der Waals surface area contributed by atoms with Gasteiger partial charge in [0.15, 0.2) is 12.2 Å². The number of nitrogens with two attached hydrogens (primary N) is 1. The van der Waals surface area contributed by atoms with E-state index in [0.29, 0.717) is 6.21 Å². The Morgan fingerprint density at radius 3 is 2.69 bits per heavy atom. The molecule has 0 saturated heterocycles. The fourth-order valence-electron chi connectivity index (χ4n) is 2.71. The number of hydrogen-bond donors (Lipinski definition) is 5. The number of nitrogens with zero attached hydrogens (tertiary/aromatic N) is 1. The summed E-state index contributed by atoms with van der Waals surface area (Å²) in [6, 6.07) is 5.19. The molecule has 2 aromatic carbocycles. The highest BCUT2D eigenvalue weighted by Gasteiger charge is 2.23. The molecule has 1 amide bonds. The zero-order valence-electron chi connectivity index (χ0n) is 15.1. The lowest BCUT2D eigenvalue weighted by Gasteiger charge is -2.13. The van der Waals surface area contributed by atoms with Gasteiger partial charge in [0.25, 0.3) is 5.91 Å². The highest BCUT2D eigenvalue weighted by Crippen LogP contribution is 2.26. The number of benzene rings is 2. The van der Waals surface area contributed by atoms with Crippen LogP contribution in [0.5, 0.6) is 0 Å². The number of rotatable bonds is 6. The van der Waals surface area contributed by atoms with E-state index in [1.165, 1.54) is 31.4 Å². The summed E-state index contributed by atoms with van der Waals surface area (Å²) in [6.45, 7) is 0. The number of halogens is 2. The summed E-state index contributed by atoms with van der Waals surface area (Å²) in [7, 11) is 1.44. The highest BCUT2D eigenvalue weighted by atomic mass is 19.1. The zero-order chi connectivity index (χ0) is 21.1. The number of nitrogen functional groups attached to an aromatic ring is 1. The fourth-order valence-corrected chi connectivity index (χ4v) is 2.71. The van der Waals surface area contributed by atoms with Crippen molar-refractivity contribution < 1.29 is 18.0 Å². The molecule has 0 saturated carbocycles.